The maximum absolute atomic E-state index is 5.86. The number of rotatable bonds is 3. The van der Waals surface area contributed by atoms with Gasteiger partial charge in [-0.3, -0.25) is 0 Å². The van der Waals surface area contributed by atoms with E-state index in [-0.39, 0.29) is 0 Å². The zero-order valence-corrected chi connectivity index (χ0v) is 11.0. The topological polar surface area (TPSA) is 69.6 Å². The molecule has 0 atom stereocenters. The highest BCUT2D eigenvalue weighted by atomic mass is 15.1. The van der Waals surface area contributed by atoms with Crippen molar-refractivity contribution >= 4 is 16.7 Å². The number of aromatic nitrogens is 4. The molecule has 20 heavy (non-hydrogen) atoms. The molecule has 0 saturated heterocycles. The minimum absolute atomic E-state index is 0.588. The van der Waals surface area contributed by atoms with Gasteiger partial charge in [0, 0.05) is 17.8 Å². The standard InChI is InChI=1S/C15H15N5/c16-11-3-4-14-13(7-11)19-15(10-1-2-10)20(14)8-12-5-6-17-9-18-12/h3-7,9-10H,1-2,8,16H2. The average molecular weight is 265 g/mol. The molecule has 1 aromatic carbocycles. The summed E-state index contributed by atoms with van der Waals surface area (Å²) >= 11 is 0. The lowest BCUT2D eigenvalue weighted by Gasteiger charge is -2.08. The van der Waals surface area contributed by atoms with Gasteiger partial charge in [0.1, 0.15) is 12.2 Å². The largest absolute Gasteiger partial charge is 0.399 e. The van der Waals surface area contributed by atoms with Crippen molar-refractivity contribution in [3.8, 4) is 0 Å². The molecule has 0 aliphatic heterocycles. The molecule has 5 heteroatoms. The van der Waals surface area contributed by atoms with E-state index in [0.29, 0.717) is 5.92 Å². The molecule has 4 rings (SSSR count). The van der Waals surface area contributed by atoms with Gasteiger partial charge in [-0.1, -0.05) is 0 Å². The fraction of sp³-hybridized carbons (Fsp3) is 0.267. The quantitative estimate of drug-likeness (QED) is 0.738. The zero-order valence-electron chi connectivity index (χ0n) is 11.0. The minimum atomic E-state index is 0.588. The van der Waals surface area contributed by atoms with E-state index in [1.807, 2.05) is 24.3 Å². The van der Waals surface area contributed by atoms with Gasteiger partial charge in [0.2, 0.25) is 0 Å². The highest BCUT2D eigenvalue weighted by molar-refractivity contribution is 5.80. The van der Waals surface area contributed by atoms with Crippen molar-refractivity contribution in [2.45, 2.75) is 25.3 Å². The molecule has 0 amide bonds. The molecular weight excluding hydrogens is 250 g/mol. The molecule has 1 aliphatic rings. The summed E-state index contributed by atoms with van der Waals surface area (Å²) in [6, 6.07) is 7.86. The molecule has 1 fully saturated rings. The third kappa shape index (κ3) is 1.91. The SMILES string of the molecule is Nc1ccc2c(c1)nc(C1CC1)n2Cc1ccncn1. The normalized spacial score (nSPS) is 14.8. The predicted octanol–water partition coefficient (Wildman–Crippen LogP) is 2.33. The molecule has 0 unspecified atom stereocenters. The van der Waals surface area contributed by atoms with Crippen molar-refractivity contribution in [2.24, 2.45) is 0 Å². The van der Waals surface area contributed by atoms with Crippen LogP contribution in [0.2, 0.25) is 0 Å². The van der Waals surface area contributed by atoms with E-state index in [0.717, 1.165) is 34.8 Å². The molecule has 5 nitrogen and oxygen atoms in total. The summed E-state index contributed by atoms with van der Waals surface area (Å²) in [5.74, 6) is 1.75. The van der Waals surface area contributed by atoms with Crippen LogP contribution >= 0.6 is 0 Å². The Morgan fingerprint density at radius 2 is 2.15 bits per heavy atom. The van der Waals surface area contributed by atoms with Gasteiger partial charge in [-0.05, 0) is 37.1 Å². The van der Waals surface area contributed by atoms with Gasteiger partial charge in [-0.15, -0.1) is 0 Å². The molecule has 100 valence electrons. The summed E-state index contributed by atoms with van der Waals surface area (Å²) < 4.78 is 2.26. The Balaban J connectivity index is 1.85. The van der Waals surface area contributed by atoms with Crippen LogP contribution in [-0.2, 0) is 6.54 Å². The second kappa shape index (κ2) is 4.30. The Morgan fingerprint density at radius 3 is 2.90 bits per heavy atom. The lowest BCUT2D eigenvalue weighted by molar-refractivity contribution is 0.728. The third-order valence-corrected chi connectivity index (χ3v) is 3.71. The number of fused-ring (bicyclic) bond motifs is 1. The molecule has 0 radical (unpaired) electrons. The van der Waals surface area contributed by atoms with Crippen LogP contribution in [0.5, 0.6) is 0 Å². The van der Waals surface area contributed by atoms with E-state index in [9.17, 15) is 0 Å². The Morgan fingerprint density at radius 1 is 1.25 bits per heavy atom. The van der Waals surface area contributed by atoms with Gasteiger partial charge in [0.25, 0.3) is 0 Å². The average Bonchev–Trinajstić information content (AvgIpc) is 3.24. The van der Waals surface area contributed by atoms with Crippen molar-refractivity contribution in [2.75, 3.05) is 5.73 Å². The van der Waals surface area contributed by atoms with Crippen molar-refractivity contribution in [1.82, 2.24) is 19.5 Å². The summed E-state index contributed by atoms with van der Waals surface area (Å²) in [6.45, 7) is 0.731. The van der Waals surface area contributed by atoms with Crippen LogP contribution in [0.15, 0.2) is 36.8 Å². The molecule has 1 aliphatic carbocycles. The molecule has 0 bridgehead atoms. The van der Waals surface area contributed by atoms with Gasteiger partial charge >= 0.3 is 0 Å². The molecule has 0 spiro atoms. The lowest BCUT2D eigenvalue weighted by Crippen LogP contribution is -2.05. The van der Waals surface area contributed by atoms with Crippen LogP contribution in [0, 0.1) is 0 Å². The van der Waals surface area contributed by atoms with Crippen molar-refractivity contribution in [3.05, 3.63) is 48.3 Å². The number of benzene rings is 1. The van der Waals surface area contributed by atoms with Gasteiger partial charge in [-0.2, -0.15) is 0 Å². The van der Waals surface area contributed by atoms with Crippen molar-refractivity contribution in [1.29, 1.82) is 0 Å². The summed E-state index contributed by atoms with van der Waals surface area (Å²) in [5, 5.41) is 0. The maximum Gasteiger partial charge on any atom is 0.115 e. The Bertz CT molecular complexity index is 759. The number of hydrogen-bond acceptors (Lipinski definition) is 4. The lowest BCUT2D eigenvalue weighted by atomic mass is 10.2. The smallest absolute Gasteiger partial charge is 0.115 e. The van der Waals surface area contributed by atoms with Crippen LogP contribution in [0.1, 0.15) is 30.3 Å². The number of imidazole rings is 1. The molecule has 2 aromatic heterocycles. The molecule has 2 N–H and O–H groups in total. The van der Waals surface area contributed by atoms with Crippen molar-refractivity contribution < 1.29 is 0 Å². The first-order chi connectivity index (χ1) is 9.81. The number of nitrogens with two attached hydrogens (primary N) is 1. The highest BCUT2D eigenvalue weighted by Crippen LogP contribution is 2.41. The van der Waals surface area contributed by atoms with Crippen molar-refractivity contribution in [3.63, 3.8) is 0 Å². The summed E-state index contributed by atoms with van der Waals surface area (Å²) in [4.78, 5) is 13.1. The van der Waals surface area contributed by atoms with Crippen LogP contribution in [-0.4, -0.2) is 19.5 Å². The Kier molecular flexibility index (Phi) is 2.45. The first-order valence-electron chi connectivity index (χ1n) is 6.82. The van der Waals surface area contributed by atoms with E-state index in [4.69, 9.17) is 10.7 Å². The molecular formula is C15H15N5. The van der Waals surface area contributed by atoms with Gasteiger partial charge in [0.05, 0.1) is 23.3 Å². The summed E-state index contributed by atoms with van der Waals surface area (Å²) in [6.07, 6.45) is 5.81. The number of nitrogen functional groups attached to an aromatic ring is 1. The van der Waals surface area contributed by atoms with E-state index in [1.54, 1.807) is 12.5 Å². The Labute approximate surface area is 116 Å². The second-order valence-corrected chi connectivity index (χ2v) is 5.28. The monoisotopic (exact) mass is 265 g/mol. The summed E-state index contributed by atoms with van der Waals surface area (Å²) in [5.41, 5.74) is 9.71. The highest BCUT2D eigenvalue weighted by Gasteiger charge is 2.29. The van der Waals surface area contributed by atoms with E-state index < -0.39 is 0 Å². The van der Waals surface area contributed by atoms with Crippen LogP contribution in [0.3, 0.4) is 0 Å². The number of hydrogen-bond donors (Lipinski definition) is 1. The molecule has 2 heterocycles. The predicted molar refractivity (Wildman–Crippen MR) is 77.3 cm³/mol. The van der Waals surface area contributed by atoms with Crippen LogP contribution in [0.4, 0.5) is 5.69 Å². The van der Waals surface area contributed by atoms with Crippen LogP contribution < -0.4 is 5.73 Å². The van der Waals surface area contributed by atoms with Crippen LogP contribution in [0.25, 0.3) is 11.0 Å². The van der Waals surface area contributed by atoms with Gasteiger partial charge < -0.3 is 10.3 Å². The summed E-state index contributed by atoms with van der Waals surface area (Å²) in [7, 11) is 0. The maximum atomic E-state index is 5.86. The Hall–Kier alpha value is -2.43. The van der Waals surface area contributed by atoms with E-state index in [2.05, 4.69) is 14.5 Å². The fourth-order valence-corrected chi connectivity index (χ4v) is 2.56. The first kappa shape index (κ1) is 11.4. The molecule has 3 aromatic rings. The number of anilines is 1. The number of nitrogens with zero attached hydrogens (tertiary/aromatic N) is 4. The van der Waals surface area contributed by atoms with Gasteiger partial charge in [0.15, 0.2) is 0 Å². The minimum Gasteiger partial charge on any atom is -0.399 e. The fourth-order valence-electron chi connectivity index (χ4n) is 2.56. The zero-order chi connectivity index (χ0) is 13.5. The third-order valence-electron chi connectivity index (χ3n) is 3.71. The van der Waals surface area contributed by atoms with E-state index in [1.165, 1.54) is 12.8 Å². The molecule has 1 saturated carbocycles. The first-order valence-corrected chi connectivity index (χ1v) is 6.82. The second-order valence-electron chi connectivity index (χ2n) is 5.28. The van der Waals surface area contributed by atoms with Gasteiger partial charge in [-0.25, -0.2) is 15.0 Å². The van der Waals surface area contributed by atoms with E-state index >= 15 is 0 Å².